The summed E-state index contributed by atoms with van der Waals surface area (Å²) in [6, 6.07) is 13.3. The fourth-order valence-electron chi connectivity index (χ4n) is 2.01. The van der Waals surface area contributed by atoms with E-state index in [1.165, 1.54) is 0 Å². The number of rotatable bonds is 4. The molecule has 0 bridgehead atoms. The van der Waals surface area contributed by atoms with E-state index >= 15 is 0 Å². The zero-order chi connectivity index (χ0) is 16.2. The second kappa shape index (κ2) is 7.30. The smallest absolute Gasteiger partial charge is 0.240 e. The van der Waals surface area contributed by atoms with Crippen molar-refractivity contribution < 1.29 is 4.42 Å². The Balaban J connectivity index is 1.74. The molecular formula is C17H11BrCl2N2O. The Morgan fingerprint density at radius 3 is 2.35 bits per heavy atom. The molecule has 0 amide bonds. The van der Waals surface area contributed by atoms with Crippen LogP contribution in [0.25, 0.3) is 12.2 Å². The molecule has 0 unspecified atom stereocenters. The first-order valence-corrected chi connectivity index (χ1v) is 8.35. The maximum Gasteiger partial charge on any atom is 0.240 e. The van der Waals surface area contributed by atoms with Gasteiger partial charge in [0.2, 0.25) is 11.8 Å². The first-order valence-electron chi connectivity index (χ1n) is 6.81. The second-order valence-corrected chi connectivity index (χ2v) is 6.54. The van der Waals surface area contributed by atoms with Crippen LogP contribution in [-0.4, -0.2) is 10.2 Å². The molecule has 0 aliphatic carbocycles. The van der Waals surface area contributed by atoms with Crippen LogP contribution >= 0.6 is 39.1 Å². The van der Waals surface area contributed by atoms with Crippen molar-refractivity contribution in [1.29, 1.82) is 0 Å². The highest BCUT2D eigenvalue weighted by atomic mass is 79.9. The van der Waals surface area contributed by atoms with Gasteiger partial charge in [-0.25, -0.2) is 0 Å². The molecule has 0 aliphatic heterocycles. The van der Waals surface area contributed by atoms with Gasteiger partial charge in [-0.15, -0.1) is 10.2 Å². The van der Waals surface area contributed by atoms with E-state index in [0.717, 1.165) is 15.6 Å². The van der Waals surface area contributed by atoms with E-state index in [1.54, 1.807) is 30.4 Å². The van der Waals surface area contributed by atoms with Crippen LogP contribution in [-0.2, 0) is 6.42 Å². The van der Waals surface area contributed by atoms with E-state index in [9.17, 15) is 0 Å². The number of hydrogen-bond donors (Lipinski definition) is 0. The van der Waals surface area contributed by atoms with E-state index in [1.807, 2.05) is 24.3 Å². The summed E-state index contributed by atoms with van der Waals surface area (Å²) in [4.78, 5) is 0. The number of hydrogen-bond acceptors (Lipinski definition) is 3. The van der Waals surface area contributed by atoms with Crippen LogP contribution < -0.4 is 0 Å². The zero-order valence-electron chi connectivity index (χ0n) is 11.8. The van der Waals surface area contributed by atoms with Gasteiger partial charge in [-0.2, -0.15) is 0 Å². The van der Waals surface area contributed by atoms with Gasteiger partial charge in [-0.3, -0.25) is 0 Å². The van der Waals surface area contributed by atoms with Crippen molar-refractivity contribution in [3.63, 3.8) is 0 Å². The maximum atomic E-state index is 6.11. The normalized spacial score (nSPS) is 11.3. The standard InChI is InChI=1S/C17H11BrCl2N2O/c18-12-6-4-11(5-7-12)10-17-22-21-16(23-17)9-8-13-14(19)2-1-3-15(13)20/h1-9H,10H2/b9-8+. The predicted molar refractivity (Wildman–Crippen MR) is 96.6 cm³/mol. The summed E-state index contributed by atoms with van der Waals surface area (Å²) in [6.07, 6.45) is 4.05. The summed E-state index contributed by atoms with van der Waals surface area (Å²) in [5, 5.41) is 9.20. The van der Waals surface area contributed by atoms with Gasteiger partial charge in [0.1, 0.15) is 0 Å². The molecule has 6 heteroatoms. The van der Waals surface area contributed by atoms with Crippen molar-refractivity contribution in [3.05, 3.63) is 79.9 Å². The van der Waals surface area contributed by atoms with E-state index in [2.05, 4.69) is 26.1 Å². The van der Waals surface area contributed by atoms with Gasteiger partial charge in [0.25, 0.3) is 0 Å². The van der Waals surface area contributed by atoms with Gasteiger partial charge >= 0.3 is 0 Å². The first kappa shape index (κ1) is 16.2. The van der Waals surface area contributed by atoms with E-state index in [4.69, 9.17) is 27.6 Å². The molecule has 0 spiro atoms. The predicted octanol–water partition coefficient (Wildman–Crippen LogP) is 5.90. The lowest BCUT2D eigenvalue weighted by molar-refractivity contribution is 0.496. The topological polar surface area (TPSA) is 38.9 Å². The third-order valence-electron chi connectivity index (χ3n) is 3.14. The molecule has 1 heterocycles. The lowest BCUT2D eigenvalue weighted by Gasteiger charge is -1.99. The molecule has 0 atom stereocenters. The van der Waals surface area contributed by atoms with Gasteiger partial charge in [-0.05, 0) is 35.9 Å². The van der Waals surface area contributed by atoms with Gasteiger partial charge < -0.3 is 4.42 Å². The van der Waals surface area contributed by atoms with Crippen LogP contribution in [0.1, 0.15) is 22.9 Å². The average Bonchev–Trinajstić information content (AvgIpc) is 2.97. The Morgan fingerprint density at radius 2 is 1.65 bits per heavy atom. The number of benzene rings is 2. The molecule has 0 radical (unpaired) electrons. The van der Waals surface area contributed by atoms with Gasteiger partial charge in [0, 0.05) is 26.2 Å². The van der Waals surface area contributed by atoms with Crippen LogP contribution in [0, 0.1) is 0 Å². The minimum Gasteiger partial charge on any atom is -0.421 e. The Labute approximate surface area is 152 Å². The van der Waals surface area contributed by atoms with Crippen LogP contribution in [0.3, 0.4) is 0 Å². The Kier molecular flexibility index (Phi) is 5.16. The summed E-state index contributed by atoms with van der Waals surface area (Å²) < 4.78 is 6.65. The van der Waals surface area contributed by atoms with Crippen LogP contribution in [0.5, 0.6) is 0 Å². The first-order chi connectivity index (χ1) is 11.1. The van der Waals surface area contributed by atoms with Crippen LogP contribution in [0.2, 0.25) is 10.0 Å². The molecule has 0 saturated carbocycles. The summed E-state index contributed by atoms with van der Waals surface area (Å²) in [6.45, 7) is 0. The minimum atomic E-state index is 0.410. The van der Waals surface area contributed by atoms with Gasteiger partial charge in [-0.1, -0.05) is 57.3 Å². The van der Waals surface area contributed by atoms with Crippen molar-refractivity contribution in [2.24, 2.45) is 0 Å². The zero-order valence-corrected chi connectivity index (χ0v) is 14.9. The fourth-order valence-corrected chi connectivity index (χ4v) is 2.79. The lowest BCUT2D eigenvalue weighted by atomic mass is 10.1. The van der Waals surface area contributed by atoms with Crippen LogP contribution in [0.4, 0.5) is 0 Å². The summed E-state index contributed by atoms with van der Waals surface area (Å²) in [5.41, 5.74) is 1.82. The molecule has 23 heavy (non-hydrogen) atoms. The highest BCUT2D eigenvalue weighted by Gasteiger charge is 2.06. The quantitative estimate of drug-likeness (QED) is 0.538. The maximum absolute atomic E-state index is 6.11. The monoisotopic (exact) mass is 408 g/mol. The minimum absolute atomic E-state index is 0.410. The molecule has 116 valence electrons. The van der Waals surface area contributed by atoms with Gasteiger partial charge in [0.15, 0.2) is 0 Å². The average molecular weight is 410 g/mol. The molecule has 1 aromatic heterocycles. The largest absolute Gasteiger partial charge is 0.421 e. The number of halogens is 3. The molecule has 0 N–H and O–H groups in total. The fraction of sp³-hybridized carbons (Fsp3) is 0.0588. The Morgan fingerprint density at radius 1 is 0.957 bits per heavy atom. The van der Waals surface area contributed by atoms with E-state index in [0.29, 0.717) is 28.2 Å². The van der Waals surface area contributed by atoms with E-state index < -0.39 is 0 Å². The highest BCUT2D eigenvalue weighted by Crippen LogP contribution is 2.26. The summed E-state index contributed by atoms with van der Waals surface area (Å²) in [7, 11) is 0. The molecule has 0 saturated heterocycles. The SMILES string of the molecule is Clc1cccc(Cl)c1/C=C/c1nnc(Cc2ccc(Br)cc2)o1. The van der Waals surface area contributed by atoms with Crippen LogP contribution in [0.15, 0.2) is 51.4 Å². The molecule has 3 nitrogen and oxygen atoms in total. The second-order valence-electron chi connectivity index (χ2n) is 4.81. The molecular weight excluding hydrogens is 399 g/mol. The molecule has 3 aromatic rings. The molecule has 2 aromatic carbocycles. The van der Waals surface area contributed by atoms with Crippen molar-refractivity contribution in [2.75, 3.05) is 0 Å². The van der Waals surface area contributed by atoms with Crippen molar-refractivity contribution in [3.8, 4) is 0 Å². The third kappa shape index (κ3) is 4.22. The van der Waals surface area contributed by atoms with E-state index in [-0.39, 0.29) is 0 Å². The molecule has 3 rings (SSSR count). The third-order valence-corrected chi connectivity index (χ3v) is 4.33. The lowest BCUT2D eigenvalue weighted by Crippen LogP contribution is -1.87. The number of nitrogens with zero attached hydrogens (tertiary/aromatic N) is 2. The Bertz CT molecular complexity index is 824. The molecule has 0 aliphatic rings. The highest BCUT2D eigenvalue weighted by molar-refractivity contribution is 9.10. The van der Waals surface area contributed by atoms with Crippen molar-refractivity contribution in [2.45, 2.75) is 6.42 Å². The summed E-state index contributed by atoms with van der Waals surface area (Å²) in [5.74, 6) is 0.963. The number of aromatic nitrogens is 2. The Hall–Kier alpha value is -1.62. The van der Waals surface area contributed by atoms with Crippen molar-refractivity contribution in [1.82, 2.24) is 10.2 Å². The van der Waals surface area contributed by atoms with Crippen molar-refractivity contribution >= 4 is 51.3 Å². The summed E-state index contributed by atoms with van der Waals surface area (Å²) >= 11 is 15.6. The van der Waals surface area contributed by atoms with Gasteiger partial charge in [0.05, 0.1) is 6.42 Å². The molecule has 0 fully saturated rings.